The Bertz CT molecular complexity index is 644. The van der Waals surface area contributed by atoms with Crippen LogP contribution in [0.4, 0.5) is 9.52 Å². The van der Waals surface area contributed by atoms with E-state index in [4.69, 9.17) is 0 Å². The zero-order valence-corrected chi connectivity index (χ0v) is 11.4. The lowest BCUT2D eigenvalue weighted by molar-refractivity contribution is -0.138. The molecule has 2 heterocycles. The molecule has 1 aromatic heterocycles. The average molecular weight is 292 g/mol. The van der Waals surface area contributed by atoms with Crippen molar-refractivity contribution in [2.45, 2.75) is 18.9 Å². The summed E-state index contributed by atoms with van der Waals surface area (Å²) in [4.78, 5) is 17.4. The topological polar surface area (TPSA) is 53.4 Å². The summed E-state index contributed by atoms with van der Waals surface area (Å²) in [7, 11) is 0. The van der Waals surface area contributed by atoms with Gasteiger partial charge in [0.2, 0.25) is 0 Å². The average Bonchev–Trinajstić information content (AvgIpc) is 3.07. The molecule has 1 aliphatic rings. The molecule has 3 rings (SSSR count). The van der Waals surface area contributed by atoms with Gasteiger partial charge < -0.3 is 10.0 Å². The van der Waals surface area contributed by atoms with E-state index in [1.165, 1.54) is 17.4 Å². The van der Waals surface area contributed by atoms with E-state index in [9.17, 15) is 14.3 Å². The monoisotopic (exact) mass is 292 g/mol. The first-order chi connectivity index (χ1) is 9.66. The van der Waals surface area contributed by atoms with E-state index >= 15 is 0 Å². The first-order valence-corrected chi connectivity index (χ1v) is 7.24. The molecular formula is C14H13FN2O2S. The molecule has 0 aliphatic carbocycles. The number of thiazole rings is 1. The van der Waals surface area contributed by atoms with Crippen LogP contribution in [-0.2, 0) is 4.79 Å². The smallest absolute Gasteiger partial charge is 0.326 e. The fraction of sp³-hybridized carbons (Fsp3) is 0.286. The molecule has 4 nitrogen and oxygen atoms in total. The highest BCUT2D eigenvalue weighted by Gasteiger charge is 2.32. The lowest BCUT2D eigenvalue weighted by Gasteiger charge is -2.19. The quantitative estimate of drug-likeness (QED) is 0.945. The maximum Gasteiger partial charge on any atom is 0.326 e. The maximum atomic E-state index is 13.7. The van der Waals surface area contributed by atoms with E-state index in [2.05, 4.69) is 4.98 Å². The van der Waals surface area contributed by atoms with Crippen molar-refractivity contribution in [2.75, 3.05) is 11.4 Å². The van der Waals surface area contributed by atoms with Crippen molar-refractivity contribution in [2.24, 2.45) is 0 Å². The number of carbonyl (C=O) groups is 1. The highest BCUT2D eigenvalue weighted by Crippen LogP contribution is 2.32. The summed E-state index contributed by atoms with van der Waals surface area (Å²) in [5, 5.41) is 11.6. The van der Waals surface area contributed by atoms with Crippen molar-refractivity contribution < 1.29 is 14.3 Å². The van der Waals surface area contributed by atoms with Crippen LogP contribution in [-0.4, -0.2) is 28.6 Å². The Morgan fingerprint density at radius 2 is 2.25 bits per heavy atom. The summed E-state index contributed by atoms with van der Waals surface area (Å²) in [6, 6.07) is 5.94. The fourth-order valence-corrected chi connectivity index (χ4v) is 3.34. The molecule has 1 aromatic carbocycles. The van der Waals surface area contributed by atoms with Gasteiger partial charge in [-0.2, -0.15) is 0 Å². The summed E-state index contributed by atoms with van der Waals surface area (Å²) in [6.45, 7) is 0.682. The van der Waals surface area contributed by atoms with Crippen LogP contribution in [0.1, 0.15) is 12.8 Å². The number of hydrogen-bond acceptors (Lipinski definition) is 4. The molecule has 1 atom stereocenters. The third-order valence-electron chi connectivity index (χ3n) is 3.43. The third kappa shape index (κ3) is 2.27. The summed E-state index contributed by atoms with van der Waals surface area (Å²) in [5.74, 6) is -1.15. The van der Waals surface area contributed by atoms with Gasteiger partial charge in [-0.25, -0.2) is 14.2 Å². The van der Waals surface area contributed by atoms with Crippen LogP contribution in [0.2, 0.25) is 0 Å². The minimum absolute atomic E-state index is 0.319. The SMILES string of the molecule is O=C(O)C1CCCN1c1nc(-c2ccccc2F)cs1. The molecule has 6 heteroatoms. The van der Waals surface area contributed by atoms with Crippen LogP contribution in [0, 0.1) is 5.82 Å². The molecule has 0 amide bonds. The van der Waals surface area contributed by atoms with Crippen molar-refractivity contribution in [3.63, 3.8) is 0 Å². The molecule has 20 heavy (non-hydrogen) atoms. The van der Waals surface area contributed by atoms with Crippen LogP contribution in [0.3, 0.4) is 0 Å². The van der Waals surface area contributed by atoms with E-state index < -0.39 is 12.0 Å². The predicted octanol–water partition coefficient (Wildman–Crippen LogP) is 3.00. The van der Waals surface area contributed by atoms with Crippen molar-refractivity contribution in [3.05, 3.63) is 35.5 Å². The number of hydrogen-bond donors (Lipinski definition) is 1. The van der Waals surface area contributed by atoms with E-state index in [1.54, 1.807) is 28.5 Å². The van der Waals surface area contributed by atoms with Gasteiger partial charge in [0, 0.05) is 17.5 Å². The molecule has 1 N–H and O–H groups in total. The molecule has 1 aliphatic heterocycles. The van der Waals surface area contributed by atoms with Gasteiger partial charge >= 0.3 is 5.97 Å². The minimum atomic E-state index is -0.829. The summed E-state index contributed by atoms with van der Waals surface area (Å²) in [6.07, 6.45) is 1.47. The second-order valence-electron chi connectivity index (χ2n) is 4.68. The lowest BCUT2D eigenvalue weighted by Crippen LogP contribution is -2.35. The van der Waals surface area contributed by atoms with Gasteiger partial charge in [0.15, 0.2) is 5.13 Å². The highest BCUT2D eigenvalue weighted by atomic mass is 32.1. The number of rotatable bonds is 3. The van der Waals surface area contributed by atoms with E-state index in [0.717, 1.165) is 6.42 Å². The molecular weight excluding hydrogens is 279 g/mol. The van der Waals surface area contributed by atoms with Gasteiger partial charge in [-0.05, 0) is 25.0 Å². The Morgan fingerprint density at radius 3 is 3.00 bits per heavy atom. The Morgan fingerprint density at radius 1 is 1.45 bits per heavy atom. The predicted molar refractivity (Wildman–Crippen MR) is 75.5 cm³/mol. The molecule has 0 spiro atoms. The Kier molecular flexibility index (Phi) is 3.40. The van der Waals surface area contributed by atoms with Crippen LogP contribution in [0.15, 0.2) is 29.6 Å². The second kappa shape index (κ2) is 5.20. The van der Waals surface area contributed by atoms with E-state index in [0.29, 0.717) is 29.4 Å². The fourth-order valence-electron chi connectivity index (χ4n) is 2.44. The van der Waals surface area contributed by atoms with E-state index in [-0.39, 0.29) is 5.82 Å². The van der Waals surface area contributed by atoms with Gasteiger partial charge in [-0.1, -0.05) is 12.1 Å². The summed E-state index contributed by atoms with van der Waals surface area (Å²) in [5.41, 5.74) is 1.00. The van der Waals surface area contributed by atoms with Crippen molar-refractivity contribution in [3.8, 4) is 11.3 Å². The first kappa shape index (κ1) is 13.1. The number of nitrogens with zero attached hydrogens (tertiary/aromatic N) is 2. The molecule has 1 unspecified atom stereocenters. The molecule has 1 saturated heterocycles. The van der Waals surface area contributed by atoms with Gasteiger partial charge in [-0.15, -0.1) is 11.3 Å². The zero-order valence-electron chi connectivity index (χ0n) is 10.6. The largest absolute Gasteiger partial charge is 0.480 e. The summed E-state index contributed by atoms with van der Waals surface area (Å²) >= 11 is 1.36. The summed E-state index contributed by atoms with van der Waals surface area (Å²) < 4.78 is 13.7. The Balaban J connectivity index is 1.91. The molecule has 0 bridgehead atoms. The number of benzene rings is 1. The Hall–Kier alpha value is -1.95. The molecule has 0 radical (unpaired) electrons. The van der Waals surface area contributed by atoms with Crippen LogP contribution < -0.4 is 4.90 Å². The number of carboxylic acids is 1. The number of aromatic nitrogens is 1. The van der Waals surface area contributed by atoms with Gasteiger partial charge in [0.05, 0.1) is 5.69 Å². The lowest BCUT2D eigenvalue weighted by atomic mass is 10.2. The van der Waals surface area contributed by atoms with Crippen molar-refractivity contribution >= 4 is 22.4 Å². The van der Waals surface area contributed by atoms with Crippen molar-refractivity contribution in [1.82, 2.24) is 4.98 Å². The number of aliphatic carboxylic acids is 1. The van der Waals surface area contributed by atoms with Gasteiger partial charge in [0.25, 0.3) is 0 Å². The number of anilines is 1. The standard InChI is InChI=1S/C14H13FN2O2S/c15-10-5-2-1-4-9(10)11-8-20-14(16-11)17-7-3-6-12(17)13(18)19/h1-2,4-5,8,12H,3,6-7H2,(H,18,19). The molecule has 104 valence electrons. The van der Waals surface area contributed by atoms with E-state index in [1.807, 2.05) is 0 Å². The molecule has 0 saturated carbocycles. The maximum absolute atomic E-state index is 13.7. The van der Waals surface area contributed by atoms with Crippen LogP contribution >= 0.6 is 11.3 Å². The van der Waals surface area contributed by atoms with Gasteiger partial charge in [0.1, 0.15) is 11.9 Å². The number of carboxylic acid groups (broad SMARTS) is 1. The second-order valence-corrected chi connectivity index (χ2v) is 5.52. The number of halogens is 1. The molecule has 1 fully saturated rings. The van der Waals surface area contributed by atoms with Crippen LogP contribution in [0.5, 0.6) is 0 Å². The van der Waals surface area contributed by atoms with Crippen molar-refractivity contribution in [1.29, 1.82) is 0 Å². The normalized spacial score (nSPS) is 18.4. The van der Waals surface area contributed by atoms with Gasteiger partial charge in [-0.3, -0.25) is 0 Å². The van der Waals surface area contributed by atoms with Crippen LogP contribution in [0.25, 0.3) is 11.3 Å². The first-order valence-electron chi connectivity index (χ1n) is 6.36. The third-order valence-corrected chi connectivity index (χ3v) is 4.30. The zero-order chi connectivity index (χ0) is 14.1. The Labute approximate surface area is 119 Å². The molecule has 2 aromatic rings. The minimum Gasteiger partial charge on any atom is -0.480 e. The highest BCUT2D eigenvalue weighted by molar-refractivity contribution is 7.14.